The van der Waals surface area contributed by atoms with Gasteiger partial charge in [0.25, 0.3) is 0 Å². The van der Waals surface area contributed by atoms with Crippen molar-refractivity contribution >= 4 is 47.2 Å². The molecule has 9 nitrogen and oxygen atoms in total. The first-order valence-corrected chi connectivity index (χ1v) is 16.3. The van der Waals surface area contributed by atoms with Gasteiger partial charge >= 0.3 is 6.09 Å². The molecule has 10 heteroatoms. The van der Waals surface area contributed by atoms with Gasteiger partial charge in [0.2, 0.25) is 11.8 Å². The van der Waals surface area contributed by atoms with Crippen molar-refractivity contribution in [1.82, 2.24) is 19.8 Å². The summed E-state index contributed by atoms with van der Waals surface area (Å²) < 4.78 is 5.43. The van der Waals surface area contributed by atoms with E-state index in [1.165, 1.54) is 5.57 Å². The van der Waals surface area contributed by atoms with Gasteiger partial charge in [0.1, 0.15) is 16.4 Å². The number of amides is 3. The van der Waals surface area contributed by atoms with Crippen molar-refractivity contribution < 1.29 is 19.1 Å². The summed E-state index contributed by atoms with van der Waals surface area (Å²) in [6.45, 7) is 19.4. The van der Waals surface area contributed by atoms with Gasteiger partial charge in [-0.15, -0.1) is 11.3 Å². The Morgan fingerprint density at radius 3 is 2.26 bits per heavy atom. The molecule has 2 aromatic rings. The second-order valence-corrected chi connectivity index (χ2v) is 11.8. The summed E-state index contributed by atoms with van der Waals surface area (Å²) in [6, 6.07) is 1.95. The third kappa shape index (κ3) is 9.48. The minimum Gasteiger partial charge on any atom is -0.444 e. The zero-order valence-electron chi connectivity index (χ0n) is 27.3. The van der Waals surface area contributed by atoms with E-state index in [1.54, 1.807) is 40.8 Å². The molecule has 3 aliphatic heterocycles. The molecule has 0 aromatic carbocycles. The highest BCUT2D eigenvalue weighted by molar-refractivity contribution is 7.10. The van der Waals surface area contributed by atoms with Gasteiger partial charge in [-0.1, -0.05) is 47.1 Å². The first-order chi connectivity index (χ1) is 20.6. The maximum atomic E-state index is 12.8. The third-order valence-electron chi connectivity index (χ3n) is 6.78. The summed E-state index contributed by atoms with van der Waals surface area (Å²) in [4.78, 5) is 50.0. The summed E-state index contributed by atoms with van der Waals surface area (Å²) in [7, 11) is 0. The Morgan fingerprint density at radius 1 is 1.02 bits per heavy atom. The Morgan fingerprint density at radius 2 is 1.67 bits per heavy atom. The van der Waals surface area contributed by atoms with Crippen molar-refractivity contribution in [2.24, 2.45) is 5.41 Å². The molecule has 0 aliphatic carbocycles. The van der Waals surface area contributed by atoms with E-state index in [0.717, 1.165) is 29.0 Å². The van der Waals surface area contributed by atoms with E-state index >= 15 is 0 Å². The van der Waals surface area contributed by atoms with E-state index in [0.29, 0.717) is 38.4 Å². The van der Waals surface area contributed by atoms with Crippen LogP contribution < -0.4 is 5.32 Å². The number of anilines is 1. The SMILES string of the molecule is CC.CC.CC.CC(C)(C)OC(=O)N1CC2(Cc3cc(/C=C/C(=O)N4CCC(=Cc5nccs5)CC4)cnc3NC2=O)C1. The molecule has 3 aliphatic rings. The van der Waals surface area contributed by atoms with Crippen LogP contribution in [0.4, 0.5) is 10.6 Å². The van der Waals surface area contributed by atoms with Crippen molar-refractivity contribution in [2.75, 3.05) is 31.5 Å². The summed E-state index contributed by atoms with van der Waals surface area (Å²) in [5.41, 5.74) is 1.75. The lowest BCUT2D eigenvalue weighted by Crippen LogP contribution is -2.66. The average Bonchev–Trinajstić information content (AvgIpc) is 3.50. The van der Waals surface area contributed by atoms with Crippen LogP contribution in [0.15, 0.2) is 35.5 Å². The first kappa shape index (κ1) is 35.7. The van der Waals surface area contributed by atoms with Crippen LogP contribution in [0.25, 0.3) is 12.2 Å². The number of ether oxygens (including phenoxy) is 1. The predicted molar refractivity (Wildman–Crippen MR) is 176 cm³/mol. The Bertz CT molecular complexity index is 1260. The van der Waals surface area contributed by atoms with Gasteiger partial charge in [0.15, 0.2) is 0 Å². The van der Waals surface area contributed by atoms with Gasteiger partial charge in [-0.2, -0.15) is 0 Å². The van der Waals surface area contributed by atoms with Crippen LogP contribution in [0.5, 0.6) is 0 Å². The molecular weight excluding hydrogens is 562 g/mol. The number of likely N-dealkylation sites (tertiary alicyclic amines) is 2. The maximum Gasteiger partial charge on any atom is 0.410 e. The number of piperidine rings is 1. The van der Waals surface area contributed by atoms with Crippen LogP contribution in [0.3, 0.4) is 0 Å². The highest BCUT2D eigenvalue weighted by atomic mass is 32.1. The number of nitrogens with zero attached hydrogens (tertiary/aromatic N) is 4. The van der Waals surface area contributed by atoms with E-state index in [-0.39, 0.29) is 11.8 Å². The largest absolute Gasteiger partial charge is 0.444 e. The standard InChI is InChI=1S/C27H31N5O4S.3C2H6/c1-26(2,3)36-25(35)32-16-27(17-32)14-20-12-19(15-29-23(20)30-24(27)34)4-5-22(33)31-9-6-18(7-10-31)13-21-28-8-11-37-21;3*1-2/h4-5,8,11-13,15H,6-7,9-10,14,16-17H2,1-3H3,(H,29,30,34);3*1-2H3/b5-4+;;;. The van der Waals surface area contributed by atoms with E-state index < -0.39 is 17.1 Å². The highest BCUT2D eigenvalue weighted by Crippen LogP contribution is 2.41. The van der Waals surface area contributed by atoms with Crippen LogP contribution in [-0.4, -0.2) is 69.5 Å². The first-order valence-electron chi connectivity index (χ1n) is 15.4. The van der Waals surface area contributed by atoms with Gasteiger partial charge in [-0.25, -0.2) is 14.8 Å². The van der Waals surface area contributed by atoms with Gasteiger partial charge in [-0.3, -0.25) is 9.59 Å². The van der Waals surface area contributed by atoms with Crippen molar-refractivity contribution in [3.05, 3.63) is 51.6 Å². The lowest BCUT2D eigenvalue weighted by Gasteiger charge is -2.50. The van der Waals surface area contributed by atoms with E-state index in [2.05, 4.69) is 21.4 Å². The number of hydrogen-bond acceptors (Lipinski definition) is 7. The summed E-state index contributed by atoms with van der Waals surface area (Å²) in [5, 5.41) is 5.86. The molecule has 0 bridgehead atoms. The average molecular weight is 612 g/mol. The molecule has 0 unspecified atom stereocenters. The highest BCUT2D eigenvalue weighted by Gasteiger charge is 2.54. The third-order valence-corrected chi connectivity index (χ3v) is 7.51. The lowest BCUT2D eigenvalue weighted by molar-refractivity contribution is -0.135. The van der Waals surface area contributed by atoms with Crippen molar-refractivity contribution in [1.29, 1.82) is 0 Å². The number of aromatic nitrogens is 2. The van der Waals surface area contributed by atoms with Gasteiger partial charge < -0.3 is 19.9 Å². The molecule has 236 valence electrons. The fourth-order valence-electron chi connectivity index (χ4n) is 4.86. The second-order valence-electron chi connectivity index (χ2n) is 10.9. The minimum absolute atomic E-state index is 0.0252. The molecule has 0 saturated carbocycles. The number of carbonyl (C=O) groups is 3. The molecule has 0 atom stereocenters. The minimum atomic E-state index is -0.679. The van der Waals surface area contributed by atoms with Gasteiger partial charge in [0.05, 0.1) is 5.41 Å². The zero-order valence-corrected chi connectivity index (χ0v) is 28.1. The van der Waals surface area contributed by atoms with Crippen molar-refractivity contribution in [2.45, 2.75) is 87.2 Å². The van der Waals surface area contributed by atoms with Crippen LogP contribution in [0.1, 0.15) is 91.3 Å². The van der Waals surface area contributed by atoms with Crippen molar-refractivity contribution in [3.8, 4) is 0 Å². The molecule has 3 amide bonds. The number of carbonyl (C=O) groups excluding carboxylic acids is 3. The Kier molecular flexibility index (Phi) is 13.6. The number of fused-ring (bicyclic) bond motifs is 1. The van der Waals surface area contributed by atoms with Crippen molar-refractivity contribution in [3.63, 3.8) is 0 Å². The second kappa shape index (κ2) is 16.4. The molecule has 1 spiro atoms. The van der Waals surface area contributed by atoms with Crippen LogP contribution in [-0.2, 0) is 20.7 Å². The van der Waals surface area contributed by atoms with Gasteiger partial charge in [-0.05, 0) is 69.4 Å². The Balaban J connectivity index is 0.00000101. The molecule has 1 N–H and O–H groups in total. The normalized spacial score (nSPS) is 16.7. The summed E-state index contributed by atoms with van der Waals surface area (Å²) >= 11 is 1.62. The summed E-state index contributed by atoms with van der Waals surface area (Å²) in [6.07, 6.45) is 10.7. The van der Waals surface area contributed by atoms with E-state index in [1.807, 2.05) is 78.7 Å². The van der Waals surface area contributed by atoms with Gasteiger partial charge in [0, 0.05) is 50.0 Å². The van der Waals surface area contributed by atoms with Crippen LogP contribution >= 0.6 is 11.3 Å². The molecule has 5 rings (SSSR count). The molecule has 2 aromatic heterocycles. The molecule has 2 saturated heterocycles. The quantitative estimate of drug-likeness (QED) is 0.373. The molecular formula is C33H49N5O4S. The number of pyridine rings is 1. The topological polar surface area (TPSA) is 105 Å². The fourth-order valence-corrected chi connectivity index (χ4v) is 5.48. The monoisotopic (exact) mass is 611 g/mol. The number of hydrogen-bond donors (Lipinski definition) is 1. The number of rotatable bonds is 3. The molecule has 2 fully saturated rings. The van der Waals surface area contributed by atoms with Crippen LogP contribution in [0.2, 0.25) is 0 Å². The number of nitrogens with one attached hydrogen (secondary N) is 1. The summed E-state index contributed by atoms with van der Waals surface area (Å²) in [5.74, 6) is 0.382. The van der Waals surface area contributed by atoms with E-state index in [9.17, 15) is 14.4 Å². The fraction of sp³-hybridized carbons (Fsp3) is 0.545. The Hall–Kier alpha value is -3.53. The molecule has 5 heterocycles. The smallest absolute Gasteiger partial charge is 0.410 e. The zero-order chi connectivity index (χ0) is 32.2. The molecule has 43 heavy (non-hydrogen) atoms. The van der Waals surface area contributed by atoms with E-state index in [4.69, 9.17) is 4.74 Å². The number of thiazole rings is 1. The van der Waals surface area contributed by atoms with Crippen LogP contribution in [0, 0.1) is 5.41 Å². The lowest BCUT2D eigenvalue weighted by atomic mass is 9.72. The maximum absolute atomic E-state index is 12.8. The predicted octanol–water partition coefficient (Wildman–Crippen LogP) is 7.07. The Labute approximate surface area is 261 Å². The molecule has 0 radical (unpaired) electrons.